The maximum atomic E-state index is 5.55. The van der Waals surface area contributed by atoms with Crippen LogP contribution in [0.3, 0.4) is 0 Å². The molecule has 90 valence electrons. The summed E-state index contributed by atoms with van der Waals surface area (Å²) < 4.78 is 0. The van der Waals surface area contributed by atoms with E-state index >= 15 is 0 Å². The molecule has 3 N–H and O–H groups in total. The molecular formula is C11H21N5. The molecule has 0 saturated carbocycles. The van der Waals surface area contributed by atoms with Gasteiger partial charge in [0.2, 0.25) is 0 Å². The molecule has 16 heavy (non-hydrogen) atoms. The topological polar surface area (TPSA) is 67.1 Å². The molecule has 1 heterocycles. The van der Waals surface area contributed by atoms with Crippen LogP contribution in [-0.4, -0.2) is 36.6 Å². The van der Waals surface area contributed by atoms with Gasteiger partial charge in [-0.2, -0.15) is 0 Å². The Bertz CT molecular complexity index is 315. The van der Waals surface area contributed by atoms with Gasteiger partial charge in [-0.1, -0.05) is 6.92 Å². The lowest BCUT2D eigenvalue weighted by Gasteiger charge is -2.16. The molecule has 1 aromatic rings. The molecule has 0 aliphatic rings. The number of nitrogens with one attached hydrogen (secondary N) is 1. The minimum absolute atomic E-state index is 0.447. The highest BCUT2D eigenvalue weighted by molar-refractivity contribution is 5.47. The van der Waals surface area contributed by atoms with Crippen molar-refractivity contribution in [2.45, 2.75) is 13.8 Å². The van der Waals surface area contributed by atoms with Crippen LogP contribution in [0.4, 0.5) is 11.6 Å². The smallest absolute Gasteiger partial charge is 0.133 e. The van der Waals surface area contributed by atoms with E-state index < -0.39 is 0 Å². The molecule has 0 fully saturated rings. The molecule has 1 unspecified atom stereocenters. The molecule has 0 spiro atoms. The number of nitrogens with two attached hydrogens (primary N) is 1. The Hall–Kier alpha value is -1.36. The molecule has 0 saturated heterocycles. The van der Waals surface area contributed by atoms with Crippen LogP contribution >= 0.6 is 0 Å². The summed E-state index contributed by atoms with van der Waals surface area (Å²) in [6.07, 6.45) is 1.58. The second kappa shape index (κ2) is 6.27. The van der Waals surface area contributed by atoms with Crippen LogP contribution < -0.4 is 16.0 Å². The van der Waals surface area contributed by atoms with E-state index in [0.29, 0.717) is 12.5 Å². The van der Waals surface area contributed by atoms with Gasteiger partial charge in [0, 0.05) is 26.2 Å². The predicted molar refractivity (Wildman–Crippen MR) is 67.7 cm³/mol. The van der Waals surface area contributed by atoms with Crippen molar-refractivity contribution in [2.75, 3.05) is 36.9 Å². The van der Waals surface area contributed by atoms with Gasteiger partial charge in [-0.05, 0) is 19.4 Å². The molecule has 1 atom stereocenters. The summed E-state index contributed by atoms with van der Waals surface area (Å²) in [5.74, 6) is 2.23. The minimum atomic E-state index is 0.447. The van der Waals surface area contributed by atoms with E-state index in [1.165, 1.54) is 0 Å². The van der Waals surface area contributed by atoms with E-state index in [2.05, 4.69) is 34.0 Å². The van der Waals surface area contributed by atoms with Crippen LogP contribution in [0.15, 0.2) is 12.4 Å². The lowest BCUT2D eigenvalue weighted by molar-refractivity contribution is 0.627. The second-order valence-corrected chi connectivity index (χ2v) is 4.00. The Labute approximate surface area is 97.1 Å². The summed E-state index contributed by atoms with van der Waals surface area (Å²) in [5.41, 5.74) is 5.55. The lowest BCUT2D eigenvalue weighted by atomic mass is 10.2. The van der Waals surface area contributed by atoms with E-state index in [4.69, 9.17) is 5.73 Å². The zero-order valence-corrected chi connectivity index (χ0v) is 10.3. The number of aromatic nitrogens is 2. The Morgan fingerprint density at radius 2 is 2.25 bits per heavy atom. The van der Waals surface area contributed by atoms with Gasteiger partial charge in [0.25, 0.3) is 0 Å². The van der Waals surface area contributed by atoms with Crippen LogP contribution in [0.2, 0.25) is 0 Å². The third-order valence-electron chi connectivity index (χ3n) is 2.55. The van der Waals surface area contributed by atoms with Crippen molar-refractivity contribution < 1.29 is 0 Å². The quantitative estimate of drug-likeness (QED) is 0.751. The lowest BCUT2D eigenvalue weighted by Crippen LogP contribution is -2.21. The van der Waals surface area contributed by atoms with Crippen molar-refractivity contribution in [3.63, 3.8) is 0 Å². The van der Waals surface area contributed by atoms with E-state index in [1.54, 1.807) is 6.33 Å². The first-order valence-electron chi connectivity index (χ1n) is 5.64. The first-order chi connectivity index (χ1) is 7.67. The minimum Gasteiger partial charge on any atom is -0.370 e. The van der Waals surface area contributed by atoms with Gasteiger partial charge in [-0.25, -0.2) is 9.97 Å². The van der Waals surface area contributed by atoms with Crippen molar-refractivity contribution in [3.8, 4) is 0 Å². The van der Waals surface area contributed by atoms with Crippen LogP contribution in [0.1, 0.15) is 13.8 Å². The van der Waals surface area contributed by atoms with Crippen molar-refractivity contribution in [2.24, 2.45) is 11.7 Å². The van der Waals surface area contributed by atoms with Gasteiger partial charge >= 0.3 is 0 Å². The van der Waals surface area contributed by atoms with Gasteiger partial charge in [0.05, 0.1) is 0 Å². The van der Waals surface area contributed by atoms with Crippen LogP contribution in [0.25, 0.3) is 0 Å². The summed E-state index contributed by atoms with van der Waals surface area (Å²) in [6.45, 7) is 6.64. The first kappa shape index (κ1) is 12.7. The highest BCUT2D eigenvalue weighted by atomic mass is 15.2. The zero-order chi connectivity index (χ0) is 12.0. The predicted octanol–water partition coefficient (Wildman–Crippen LogP) is 0.939. The molecule has 0 aliphatic heterocycles. The summed E-state index contributed by atoms with van der Waals surface area (Å²) >= 11 is 0. The highest BCUT2D eigenvalue weighted by Gasteiger charge is 2.03. The molecular weight excluding hydrogens is 202 g/mol. The van der Waals surface area contributed by atoms with Crippen LogP contribution in [-0.2, 0) is 0 Å². The fraction of sp³-hybridized carbons (Fsp3) is 0.636. The SMILES string of the molecule is CCN(C)c1cc(NCC(C)CN)ncn1. The molecule has 1 rings (SSSR count). The molecule has 0 radical (unpaired) electrons. The Balaban J connectivity index is 2.60. The number of hydrogen-bond donors (Lipinski definition) is 2. The van der Waals surface area contributed by atoms with Gasteiger partial charge in [-0.15, -0.1) is 0 Å². The second-order valence-electron chi connectivity index (χ2n) is 4.00. The van der Waals surface area contributed by atoms with E-state index in [-0.39, 0.29) is 0 Å². The standard InChI is InChI=1S/C11H21N5/c1-4-16(3)11-5-10(14-8-15-11)13-7-9(2)6-12/h5,8-9H,4,6-7,12H2,1-3H3,(H,13,14,15). The largest absolute Gasteiger partial charge is 0.370 e. The summed E-state index contributed by atoms with van der Waals surface area (Å²) in [4.78, 5) is 10.4. The third-order valence-corrected chi connectivity index (χ3v) is 2.55. The average molecular weight is 223 g/mol. The van der Waals surface area contributed by atoms with Gasteiger partial charge < -0.3 is 16.0 Å². The van der Waals surface area contributed by atoms with Gasteiger partial charge in [0.15, 0.2) is 0 Å². The van der Waals surface area contributed by atoms with Gasteiger partial charge in [-0.3, -0.25) is 0 Å². The average Bonchev–Trinajstić information content (AvgIpc) is 2.35. The monoisotopic (exact) mass is 223 g/mol. The maximum absolute atomic E-state index is 5.55. The number of anilines is 2. The summed E-state index contributed by atoms with van der Waals surface area (Å²) in [5, 5.41) is 3.26. The molecule has 0 amide bonds. The Kier molecular flexibility index (Phi) is 4.98. The van der Waals surface area contributed by atoms with Crippen molar-refractivity contribution >= 4 is 11.6 Å². The fourth-order valence-corrected chi connectivity index (χ4v) is 1.18. The van der Waals surface area contributed by atoms with Crippen molar-refractivity contribution in [1.82, 2.24) is 9.97 Å². The van der Waals surface area contributed by atoms with E-state index in [9.17, 15) is 0 Å². The highest BCUT2D eigenvalue weighted by Crippen LogP contribution is 2.12. The fourth-order valence-electron chi connectivity index (χ4n) is 1.18. The summed E-state index contributed by atoms with van der Waals surface area (Å²) in [6, 6.07) is 1.95. The molecule has 1 aromatic heterocycles. The van der Waals surface area contributed by atoms with E-state index in [1.807, 2.05) is 13.1 Å². The summed E-state index contributed by atoms with van der Waals surface area (Å²) in [7, 11) is 2.01. The molecule has 5 nitrogen and oxygen atoms in total. The van der Waals surface area contributed by atoms with Crippen LogP contribution in [0, 0.1) is 5.92 Å². The number of rotatable bonds is 6. The Morgan fingerprint density at radius 3 is 2.88 bits per heavy atom. The zero-order valence-electron chi connectivity index (χ0n) is 10.3. The number of nitrogens with zero attached hydrogens (tertiary/aromatic N) is 3. The third kappa shape index (κ3) is 3.66. The molecule has 5 heteroatoms. The molecule has 0 aliphatic carbocycles. The van der Waals surface area contributed by atoms with Crippen molar-refractivity contribution in [3.05, 3.63) is 12.4 Å². The van der Waals surface area contributed by atoms with Crippen LogP contribution in [0.5, 0.6) is 0 Å². The molecule has 0 aromatic carbocycles. The first-order valence-corrected chi connectivity index (χ1v) is 5.64. The van der Waals surface area contributed by atoms with E-state index in [0.717, 1.165) is 24.7 Å². The molecule has 0 bridgehead atoms. The van der Waals surface area contributed by atoms with Gasteiger partial charge in [0.1, 0.15) is 18.0 Å². The maximum Gasteiger partial charge on any atom is 0.133 e. The van der Waals surface area contributed by atoms with Crippen molar-refractivity contribution in [1.29, 1.82) is 0 Å². The normalized spacial score (nSPS) is 12.2. The Morgan fingerprint density at radius 1 is 1.50 bits per heavy atom. The number of hydrogen-bond acceptors (Lipinski definition) is 5.